The van der Waals surface area contributed by atoms with E-state index < -0.39 is 0 Å². The Kier molecular flexibility index (Phi) is 3.90. The van der Waals surface area contributed by atoms with Gasteiger partial charge in [0.15, 0.2) is 0 Å². The van der Waals surface area contributed by atoms with Gasteiger partial charge < -0.3 is 10.5 Å². The van der Waals surface area contributed by atoms with Gasteiger partial charge in [-0.2, -0.15) is 5.10 Å². The molecule has 0 aliphatic heterocycles. The smallest absolute Gasteiger partial charge is 0.123 e. The van der Waals surface area contributed by atoms with Crippen molar-refractivity contribution in [3.05, 3.63) is 46.3 Å². The van der Waals surface area contributed by atoms with Gasteiger partial charge in [-0.25, -0.2) is 0 Å². The van der Waals surface area contributed by atoms with Gasteiger partial charge in [0.2, 0.25) is 0 Å². The number of aromatic nitrogens is 2. The van der Waals surface area contributed by atoms with E-state index in [-0.39, 0.29) is 0 Å². The Labute approximate surface area is 114 Å². The van der Waals surface area contributed by atoms with Crippen LogP contribution in [0.5, 0.6) is 5.75 Å². The lowest BCUT2D eigenvalue weighted by molar-refractivity contribution is 0.409. The van der Waals surface area contributed by atoms with Gasteiger partial charge in [-0.1, -0.05) is 12.1 Å². The zero-order chi connectivity index (χ0) is 14.0. The van der Waals surface area contributed by atoms with Crippen molar-refractivity contribution in [2.75, 3.05) is 7.11 Å². The molecule has 1 aromatic heterocycles. The Morgan fingerprint density at radius 1 is 1.26 bits per heavy atom. The van der Waals surface area contributed by atoms with Crippen LogP contribution in [-0.4, -0.2) is 16.9 Å². The molecule has 0 saturated heterocycles. The normalized spacial score (nSPS) is 10.8. The van der Waals surface area contributed by atoms with Gasteiger partial charge in [-0.15, -0.1) is 0 Å². The molecule has 4 nitrogen and oxygen atoms in total. The minimum Gasteiger partial charge on any atom is -0.496 e. The minimum absolute atomic E-state index is 0.489. The van der Waals surface area contributed by atoms with Crippen LogP contribution in [0.15, 0.2) is 18.2 Å². The van der Waals surface area contributed by atoms with E-state index in [1.54, 1.807) is 7.11 Å². The van der Waals surface area contributed by atoms with Crippen molar-refractivity contribution in [1.82, 2.24) is 9.78 Å². The molecule has 0 spiro atoms. The van der Waals surface area contributed by atoms with Gasteiger partial charge in [0.1, 0.15) is 5.75 Å². The van der Waals surface area contributed by atoms with Gasteiger partial charge in [-0.3, -0.25) is 4.68 Å². The number of rotatable bonds is 4. The number of benzene rings is 1. The maximum absolute atomic E-state index is 5.68. The first kappa shape index (κ1) is 13.6. The Balaban J connectivity index is 2.30. The van der Waals surface area contributed by atoms with Crippen molar-refractivity contribution in [3.63, 3.8) is 0 Å². The lowest BCUT2D eigenvalue weighted by atomic mass is 10.1. The fourth-order valence-electron chi connectivity index (χ4n) is 2.17. The van der Waals surface area contributed by atoms with Gasteiger partial charge in [-0.05, 0) is 38.0 Å². The summed E-state index contributed by atoms with van der Waals surface area (Å²) >= 11 is 0. The minimum atomic E-state index is 0.489. The highest BCUT2D eigenvalue weighted by atomic mass is 16.5. The van der Waals surface area contributed by atoms with Crippen LogP contribution in [-0.2, 0) is 13.1 Å². The zero-order valence-electron chi connectivity index (χ0n) is 12.0. The maximum Gasteiger partial charge on any atom is 0.123 e. The Morgan fingerprint density at radius 2 is 2.00 bits per heavy atom. The standard InChI is InChI=1S/C15H21N3O/c1-10-11(2)17-18(12(10)3)9-13-5-6-14(8-16)15(7-13)19-4/h5-7H,8-9,16H2,1-4H3. The summed E-state index contributed by atoms with van der Waals surface area (Å²) in [6, 6.07) is 6.14. The van der Waals surface area contributed by atoms with Gasteiger partial charge in [0.05, 0.1) is 19.3 Å². The molecule has 2 aromatic rings. The molecule has 0 amide bonds. The van der Waals surface area contributed by atoms with Crippen LogP contribution in [0.1, 0.15) is 28.1 Å². The van der Waals surface area contributed by atoms with E-state index in [2.05, 4.69) is 25.0 Å². The monoisotopic (exact) mass is 259 g/mol. The first-order valence-electron chi connectivity index (χ1n) is 6.43. The second-order valence-corrected chi connectivity index (χ2v) is 4.80. The second kappa shape index (κ2) is 5.45. The molecule has 0 aliphatic rings. The van der Waals surface area contributed by atoms with E-state index in [1.807, 2.05) is 23.7 Å². The average Bonchev–Trinajstić information content (AvgIpc) is 2.66. The Morgan fingerprint density at radius 3 is 2.53 bits per heavy atom. The largest absolute Gasteiger partial charge is 0.496 e. The molecule has 2 rings (SSSR count). The van der Waals surface area contributed by atoms with Crippen LogP contribution in [0.25, 0.3) is 0 Å². The van der Waals surface area contributed by atoms with E-state index in [1.165, 1.54) is 16.8 Å². The van der Waals surface area contributed by atoms with E-state index in [4.69, 9.17) is 10.5 Å². The lowest BCUT2D eigenvalue weighted by Gasteiger charge is -2.10. The van der Waals surface area contributed by atoms with Crippen molar-refractivity contribution in [3.8, 4) is 5.75 Å². The summed E-state index contributed by atoms with van der Waals surface area (Å²) in [5, 5.41) is 4.55. The Bertz CT molecular complexity index is 587. The molecular formula is C15H21N3O. The van der Waals surface area contributed by atoms with E-state index >= 15 is 0 Å². The van der Waals surface area contributed by atoms with E-state index in [9.17, 15) is 0 Å². The summed E-state index contributed by atoms with van der Waals surface area (Å²) in [4.78, 5) is 0. The SMILES string of the molecule is COc1cc(Cn2nc(C)c(C)c2C)ccc1CN. The van der Waals surface area contributed by atoms with Crippen molar-refractivity contribution in [2.45, 2.75) is 33.9 Å². The summed E-state index contributed by atoms with van der Waals surface area (Å²) in [6.07, 6.45) is 0. The summed E-state index contributed by atoms with van der Waals surface area (Å²) in [5.41, 5.74) is 11.4. The molecule has 0 radical (unpaired) electrons. The molecule has 1 heterocycles. The summed E-state index contributed by atoms with van der Waals surface area (Å²) < 4.78 is 7.39. The van der Waals surface area contributed by atoms with E-state index in [0.29, 0.717) is 6.54 Å². The predicted molar refractivity (Wildman–Crippen MR) is 76.4 cm³/mol. The molecule has 0 fully saturated rings. The third-order valence-electron chi connectivity index (χ3n) is 3.65. The van der Waals surface area contributed by atoms with Crippen molar-refractivity contribution < 1.29 is 4.74 Å². The summed E-state index contributed by atoms with van der Waals surface area (Å²) in [6.45, 7) is 7.48. The van der Waals surface area contributed by atoms with Crippen molar-refractivity contribution in [1.29, 1.82) is 0 Å². The van der Waals surface area contributed by atoms with Crippen LogP contribution >= 0.6 is 0 Å². The van der Waals surface area contributed by atoms with Crippen LogP contribution < -0.4 is 10.5 Å². The van der Waals surface area contributed by atoms with Gasteiger partial charge >= 0.3 is 0 Å². The van der Waals surface area contributed by atoms with Crippen molar-refractivity contribution >= 4 is 0 Å². The molecule has 0 atom stereocenters. The molecule has 0 aliphatic carbocycles. The molecule has 102 valence electrons. The molecule has 0 unspecified atom stereocenters. The molecule has 1 aromatic carbocycles. The number of ether oxygens (including phenoxy) is 1. The fraction of sp³-hybridized carbons (Fsp3) is 0.400. The van der Waals surface area contributed by atoms with Crippen LogP contribution in [0.4, 0.5) is 0 Å². The number of methoxy groups -OCH3 is 1. The van der Waals surface area contributed by atoms with Crippen LogP contribution in [0, 0.1) is 20.8 Å². The summed E-state index contributed by atoms with van der Waals surface area (Å²) in [5.74, 6) is 0.846. The van der Waals surface area contributed by atoms with Crippen LogP contribution in [0.3, 0.4) is 0 Å². The second-order valence-electron chi connectivity index (χ2n) is 4.80. The first-order valence-corrected chi connectivity index (χ1v) is 6.43. The predicted octanol–water partition coefficient (Wildman–Crippen LogP) is 2.32. The highest BCUT2D eigenvalue weighted by Gasteiger charge is 2.09. The first-order chi connectivity index (χ1) is 9.06. The molecule has 0 saturated carbocycles. The van der Waals surface area contributed by atoms with Crippen LogP contribution in [0.2, 0.25) is 0 Å². The molecular weight excluding hydrogens is 238 g/mol. The zero-order valence-corrected chi connectivity index (χ0v) is 12.0. The highest BCUT2D eigenvalue weighted by molar-refractivity contribution is 5.37. The number of hydrogen-bond donors (Lipinski definition) is 1. The maximum atomic E-state index is 5.68. The number of hydrogen-bond acceptors (Lipinski definition) is 3. The number of nitrogens with two attached hydrogens (primary N) is 1. The molecule has 0 bridgehead atoms. The third-order valence-corrected chi connectivity index (χ3v) is 3.65. The Hall–Kier alpha value is -1.81. The quantitative estimate of drug-likeness (QED) is 0.916. The van der Waals surface area contributed by atoms with E-state index in [0.717, 1.165) is 23.6 Å². The van der Waals surface area contributed by atoms with Gasteiger partial charge in [0.25, 0.3) is 0 Å². The third kappa shape index (κ3) is 2.63. The molecule has 2 N–H and O–H groups in total. The molecule has 19 heavy (non-hydrogen) atoms. The number of nitrogens with zero attached hydrogens (tertiary/aromatic N) is 2. The highest BCUT2D eigenvalue weighted by Crippen LogP contribution is 2.21. The lowest BCUT2D eigenvalue weighted by Crippen LogP contribution is -2.06. The van der Waals surface area contributed by atoms with Crippen molar-refractivity contribution in [2.24, 2.45) is 5.73 Å². The molecule has 4 heteroatoms. The topological polar surface area (TPSA) is 53.1 Å². The summed E-state index contributed by atoms with van der Waals surface area (Å²) in [7, 11) is 1.67. The number of aryl methyl sites for hydroxylation is 1. The fourth-order valence-corrected chi connectivity index (χ4v) is 2.17. The average molecular weight is 259 g/mol. The van der Waals surface area contributed by atoms with Gasteiger partial charge in [0, 0.05) is 17.8 Å².